The van der Waals surface area contributed by atoms with Crippen LogP contribution in [0.5, 0.6) is 5.75 Å². The van der Waals surface area contributed by atoms with Crippen molar-refractivity contribution in [2.75, 3.05) is 13.2 Å². The van der Waals surface area contributed by atoms with Gasteiger partial charge < -0.3 is 15.1 Å². The van der Waals surface area contributed by atoms with E-state index < -0.39 is 5.97 Å². The largest absolute Gasteiger partial charge is 0.493 e. The van der Waals surface area contributed by atoms with Crippen LogP contribution in [0, 0.1) is 6.92 Å². The van der Waals surface area contributed by atoms with Gasteiger partial charge >= 0.3 is 5.97 Å². The number of hydrogen-bond donors (Lipinski definition) is 2. The molecule has 0 saturated carbocycles. The maximum Gasteiger partial charge on any atom is 0.303 e. The number of benzene rings is 2. The quantitative estimate of drug-likeness (QED) is 0.435. The average Bonchev–Trinajstić information content (AvgIpc) is 2.90. The Bertz CT molecular complexity index is 1180. The van der Waals surface area contributed by atoms with Crippen molar-refractivity contribution >= 4 is 5.97 Å². The predicted molar refractivity (Wildman–Crippen MR) is 121 cm³/mol. The Morgan fingerprint density at radius 3 is 2.75 bits per heavy atom. The third-order valence-electron chi connectivity index (χ3n) is 5.91. The molecule has 0 amide bonds. The summed E-state index contributed by atoms with van der Waals surface area (Å²) in [5.74, 6) is 0.0671. The smallest absolute Gasteiger partial charge is 0.303 e. The van der Waals surface area contributed by atoms with E-state index in [1.807, 2.05) is 25.1 Å². The molecular weight excluding hydrogens is 404 g/mol. The number of aromatic nitrogens is 1. The van der Waals surface area contributed by atoms with E-state index in [1.54, 1.807) is 18.3 Å². The molecular formula is C26H28N2O4. The van der Waals surface area contributed by atoms with E-state index in [0.717, 1.165) is 40.9 Å². The SMILES string of the molecule is Cc1cc2c(cc1OCCCN=c1ccccn1O)Cc1ccccc1C(CC(=O)O)C2. The number of fused-ring (bicyclic) bond motifs is 2. The lowest BCUT2D eigenvalue weighted by Gasteiger charge is -2.16. The number of hydrogen-bond acceptors (Lipinski definition) is 4. The molecule has 0 spiro atoms. The van der Waals surface area contributed by atoms with Crippen LogP contribution in [0.15, 0.2) is 65.8 Å². The molecule has 166 valence electrons. The number of rotatable bonds is 7. The molecule has 0 fully saturated rings. The standard InChI is InChI=1S/C26H28N2O4/c1-18-13-20-15-22(17-26(29)30)23-8-3-2-7-19(23)14-21(20)16-24(18)32-12-6-10-27-25-9-4-5-11-28(25)31/h2-5,7-9,11,13,16,22,31H,6,10,12,14-15,17H2,1H3,(H,29,30). The predicted octanol–water partition coefficient (Wildman–Crippen LogP) is 4.11. The van der Waals surface area contributed by atoms with E-state index in [-0.39, 0.29) is 12.3 Å². The summed E-state index contributed by atoms with van der Waals surface area (Å²) in [6, 6.07) is 17.7. The highest BCUT2D eigenvalue weighted by Gasteiger charge is 2.24. The minimum Gasteiger partial charge on any atom is -0.493 e. The third kappa shape index (κ3) is 5.02. The lowest BCUT2D eigenvalue weighted by Crippen LogP contribution is -2.17. The van der Waals surface area contributed by atoms with Crippen molar-refractivity contribution in [3.05, 3.63) is 94.1 Å². The van der Waals surface area contributed by atoms with Crippen molar-refractivity contribution in [1.82, 2.24) is 4.73 Å². The molecule has 2 aromatic carbocycles. The molecule has 32 heavy (non-hydrogen) atoms. The van der Waals surface area contributed by atoms with Crippen molar-refractivity contribution < 1.29 is 19.8 Å². The van der Waals surface area contributed by atoms with Crippen molar-refractivity contribution in [3.63, 3.8) is 0 Å². The zero-order valence-corrected chi connectivity index (χ0v) is 18.2. The second-order valence-electron chi connectivity index (χ2n) is 8.25. The van der Waals surface area contributed by atoms with Gasteiger partial charge in [0, 0.05) is 19.2 Å². The van der Waals surface area contributed by atoms with Gasteiger partial charge in [0.1, 0.15) is 5.75 Å². The number of nitrogens with zero attached hydrogens (tertiary/aromatic N) is 2. The van der Waals surface area contributed by atoms with E-state index >= 15 is 0 Å². The van der Waals surface area contributed by atoms with Crippen LogP contribution in [0.1, 0.15) is 46.6 Å². The third-order valence-corrected chi connectivity index (χ3v) is 5.91. The van der Waals surface area contributed by atoms with E-state index in [4.69, 9.17) is 4.74 Å². The van der Waals surface area contributed by atoms with Crippen molar-refractivity contribution in [2.24, 2.45) is 4.99 Å². The molecule has 2 N–H and O–H groups in total. The summed E-state index contributed by atoms with van der Waals surface area (Å²) in [5, 5.41) is 19.1. The van der Waals surface area contributed by atoms with Gasteiger partial charge in [-0.2, -0.15) is 4.73 Å². The van der Waals surface area contributed by atoms with Gasteiger partial charge in [0.05, 0.1) is 13.0 Å². The Morgan fingerprint density at radius 1 is 1.12 bits per heavy atom. The number of carboxylic acid groups (broad SMARTS) is 1. The van der Waals surface area contributed by atoms with Crippen LogP contribution in [0.4, 0.5) is 0 Å². The first-order chi connectivity index (χ1) is 15.5. The Kier molecular flexibility index (Phi) is 6.59. The molecule has 1 aromatic heterocycles. The van der Waals surface area contributed by atoms with E-state index in [9.17, 15) is 15.1 Å². The van der Waals surface area contributed by atoms with E-state index in [2.05, 4.69) is 29.3 Å². The molecule has 1 heterocycles. The molecule has 4 rings (SSSR count). The Morgan fingerprint density at radius 2 is 1.94 bits per heavy atom. The van der Waals surface area contributed by atoms with Crippen LogP contribution < -0.4 is 10.2 Å². The topological polar surface area (TPSA) is 84.0 Å². The first-order valence-electron chi connectivity index (χ1n) is 10.9. The summed E-state index contributed by atoms with van der Waals surface area (Å²) in [6.07, 6.45) is 3.91. The fourth-order valence-electron chi connectivity index (χ4n) is 4.36. The number of aliphatic carboxylic acids is 1. The molecule has 1 aliphatic carbocycles. The zero-order chi connectivity index (χ0) is 22.5. The molecule has 6 nitrogen and oxygen atoms in total. The molecule has 0 aliphatic heterocycles. The van der Waals surface area contributed by atoms with Crippen LogP contribution in [-0.4, -0.2) is 34.2 Å². The number of carbonyl (C=O) groups is 1. The normalized spacial score (nSPS) is 15.5. The average molecular weight is 433 g/mol. The van der Waals surface area contributed by atoms with E-state index in [0.29, 0.717) is 18.6 Å². The van der Waals surface area contributed by atoms with Gasteiger partial charge in [0.2, 0.25) is 0 Å². The van der Waals surface area contributed by atoms with E-state index in [1.165, 1.54) is 16.7 Å². The fraction of sp³-hybridized carbons (Fsp3) is 0.308. The number of aryl methyl sites for hydroxylation is 1. The second-order valence-corrected chi connectivity index (χ2v) is 8.25. The molecule has 6 heteroatoms. The minimum atomic E-state index is -0.766. The molecule has 0 saturated heterocycles. The minimum absolute atomic E-state index is 0.0231. The van der Waals surface area contributed by atoms with Gasteiger partial charge in [-0.25, -0.2) is 0 Å². The Balaban J connectivity index is 1.48. The van der Waals surface area contributed by atoms with Gasteiger partial charge in [-0.1, -0.05) is 36.4 Å². The van der Waals surface area contributed by atoms with Crippen LogP contribution in [0.3, 0.4) is 0 Å². The highest BCUT2D eigenvalue weighted by atomic mass is 16.5. The maximum absolute atomic E-state index is 11.5. The number of pyridine rings is 1. The summed E-state index contributed by atoms with van der Waals surface area (Å²) >= 11 is 0. The highest BCUT2D eigenvalue weighted by Crippen LogP contribution is 2.36. The fourth-order valence-corrected chi connectivity index (χ4v) is 4.36. The second kappa shape index (κ2) is 9.73. The first-order valence-corrected chi connectivity index (χ1v) is 10.9. The maximum atomic E-state index is 11.5. The lowest BCUT2D eigenvalue weighted by atomic mass is 9.88. The lowest BCUT2D eigenvalue weighted by molar-refractivity contribution is -0.137. The van der Waals surface area contributed by atoms with Crippen molar-refractivity contribution in [2.45, 2.75) is 38.5 Å². The molecule has 0 bridgehead atoms. The summed E-state index contributed by atoms with van der Waals surface area (Å²) in [5.41, 5.74) is 6.28. The molecule has 3 aromatic rings. The summed E-state index contributed by atoms with van der Waals surface area (Å²) < 4.78 is 7.07. The van der Waals surface area contributed by atoms with Crippen LogP contribution >= 0.6 is 0 Å². The molecule has 1 unspecified atom stereocenters. The number of ether oxygens (including phenoxy) is 1. The highest BCUT2D eigenvalue weighted by molar-refractivity contribution is 5.68. The monoisotopic (exact) mass is 432 g/mol. The number of carboxylic acids is 1. The Hall–Kier alpha value is -3.54. The van der Waals surface area contributed by atoms with Crippen LogP contribution in [0.2, 0.25) is 0 Å². The van der Waals surface area contributed by atoms with Gasteiger partial charge in [-0.05, 0) is 71.7 Å². The van der Waals surface area contributed by atoms with Gasteiger partial charge in [-0.3, -0.25) is 9.79 Å². The van der Waals surface area contributed by atoms with Crippen LogP contribution in [-0.2, 0) is 17.6 Å². The molecule has 1 atom stereocenters. The Labute approximate surface area is 187 Å². The summed E-state index contributed by atoms with van der Waals surface area (Å²) in [4.78, 5) is 15.8. The summed E-state index contributed by atoms with van der Waals surface area (Å²) in [6.45, 7) is 3.11. The summed E-state index contributed by atoms with van der Waals surface area (Å²) in [7, 11) is 0. The van der Waals surface area contributed by atoms with Crippen molar-refractivity contribution in [1.29, 1.82) is 0 Å². The molecule has 1 aliphatic rings. The first kappa shape index (κ1) is 21.7. The zero-order valence-electron chi connectivity index (χ0n) is 18.2. The van der Waals surface area contributed by atoms with Crippen LogP contribution in [0.25, 0.3) is 0 Å². The van der Waals surface area contributed by atoms with Gasteiger partial charge in [0.15, 0.2) is 5.49 Å². The van der Waals surface area contributed by atoms with Gasteiger partial charge in [-0.15, -0.1) is 0 Å². The molecule has 0 radical (unpaired) electrons. The van der Waals surface area contributed by atoms with Gasteiger partial charge in [0.25, 0.3) is 0 Å². The van der Waals surface area contributed by atoms with Crippen molar-refractivity contribution in [3.8, 4) is 5.75 Å².